The average molecular weight is 538 g/mol. The zero-order chi connectivity index (χ0) is 27.9. The van der Waals surface area contributed by atoms with Gasteiger partial charge in [0.15, 0.2) is 0 Å². The van der Waals surface area contributed by atoms with E-state index in [0.717, 1.165) is 49.8 Å². The first-order valence-electron chi connectivity index (χ1n) is 14.3. The fourth-order valence-electron chi connectivity index (χ4n) is 5.91. The molecule has 0 fully saturated rings. The highest BCUT2D eigenvalue weighted by molar-refractivity contribution is 6.17. The molecule has 0 bridgehead atoms. The van der Waals surface area contributed by atoms with Gasteiger partial charge in [-0.3, -0.25) is 0 Å². The van der Waals surface area contributed by atoms with E-state index >= 15 is 0 Å². The number of hydrogen-bond donors (Lipinski definition) is 1. The van der Waals surface area contributed by atoms with Gasteiger partial charge in [-0.1, -0.05) is 121 Å². The zero-order valence-corrected chi connectivity index (χ0v) is 22.9. The molecule has 0 saturated heterocycles. The monoisotopic (exact) mass is 537 g/mol. The van der Waals surface area contributed by atoms with Crippen molar-refractivity contribution in [2.75, 3.05) is 5.32 Å². The number of anilines is 2. The van der Waals surface area contributed by atoms with Crippen molar-refractivity contribution >= 4 is 44.1 Å². The Balaban J connectivity index is 1.05. The van der Waals surface area contributed by atoms with E-state index in [1.54, 1.807) is 0 Å². The Bertz CT molecular complexity index is 2190. The predicted molar refractivity (Wildman–Crippen MR) is 177 cm³/mol. The maximum Gasteiger partial charge on any atom is 0.143 e. The number of hydrogen-bond acceptors (Lipinski definition) is 2. The van der Waals surface area contributed by atoms with Crippen LogP contribution in [-0.4, -0.2) is 0 Å². The van der Waals surface area contributed by atoms with Gasteiger partial charge in [-0.25, -0.2) is 0 Å². The Hall–Kier alpha value is -5.60. The zero-order valence-electron chi connectivity index (χ0n) is 22.9. The number of rotatable bonds is 5. The van der Waals surface area contributed by atoms with Gasteiger partial charge in [-0.15, -0.1) is 0 Å². The summed E-state index contributed by atoms with van der Waals surface area (Å²) in [5, 5.41) is 8.18. The van der Waals surface area contributed by atoms with Gasteiger partial charge < -0.3 is 9.73 Å². The minimum atomic E-state index is 0.927. The molecule has 0 aliphatic heterocycles. The van der Waals surface area contributed by atoms with Gasteiger partial charge >= 0.3 is 0 Å². The second-order valence-corrected chi connectivity index (χ2v) is 10.7. The van der Waals surface area contributed by atoms with Crippen molar-refractivity contribution in [3.8, 4) is 33.4 Å². The molecule has 0 atom stereocenters. The summed E-state index contributed by atoms with van der Waals surface area (Å²) in [6, 6.07) is 55.6. The largest absolute Gasteiger partial charge is 0.455 e. The Morgan fingerprint density at radius 2 is 0.929 bits per heavy atom. The van der Waals surface area contributed by atoms with Crippen molar-refractivity contribution in [1.29, 1.82) is 0 Å². The van der Waals surface area contributed by atoms with Crippen molar-refractivity contribution in [2.24, 2.45) is 0 Å². The van der Waals surface area contributed by atoms with Crippen LogP contribution in [-0.2, 0) is 0 Å². The van der Waals surface area contributed by atoms with E-state index in [9.17, 15) is 0 Å². The van der Waals surface area contributed by atoms with E-state index in [1.807, 2.05) is 0 Å². The Morgan fingerprint density at radius 3 is 1.69 bits per heavy atom. The molecular formula is C40H27NO. The van der Waals surface area contributed by atoms with Crippen LogP contribution in [0.15, 0.2) is 162 Å². The molecule has 198 valence electrons. The van der Waals surface area contributed by atoms with Crippen LogP contribution in [0.1, 0.15) is 0 Å². The maximum absolute atomic E-state index is 6.54. The molecular weight excluding hydrogens is 510 g/mol. The number of para-hydroxylation sites is 1. The third kappa shape index (κ3) is 4.31. The first-order valence-corrected chi connectivity index (χ1v) is 14.3. The van der Waals surface area contributed by atoms with Gasteiger partial charge in [0, 0.05) is 33.1 Å². The summed E-state index contributed by atoms with van der Waals surface area (Å²) in [7, 11) is 0. The molecule has 2 heteroatoms. The van der Waals surface area contributed by atoms with Crippen LogP contribution >= 0.6 is 0 Å². The van der Waals surface area contributed by atoms with Gasteiger partial charge in [-0.2, -0.15) is 0 Å². The molecule has 7 aromatic carbocycles. The molecule has 0 spiro atoms. The second kappa shape index (κ2) is 10.1. The molecule has 1 heterocycles. The molecule has 0 radical (unpaired) electrons. The summed E-state index contributed by atoms with van der Waals surface area (Å²) in [5.41, 5.74) is 11.1. The van der Waals surface area contributed by atoms with Gasteiger partial charge in [0.1, 0.15) is 11.2 Å². The van der Waals surface area contributed by atoms with Gasteiger partial charge in [-0.05, 0) is 69.6 Å². The van der Waals surface area contributed by atoms with Crippen LogP contribution in [0, 0.1) is 0 Å². The fourth-order valence-corrected chi connectivity index (χ4v) is 5.91. The summed E-state index contributed by atoms with van der Waals surface area (Å²) in [5.74, 6) is 0. The molecule has 1 N–H and O–H groups in total. The molecule has 0 aliphatic carbocycles. The lowest BCUT2D eigenvalue weighted by molar-refractivity contribution is 0.674. The Kier molecular flexibility index (Phi) is 5.82. The highest BCUT2D eigenvalue weighted by Crippen LogP contribution is 2.39. The Labute approximate surface area is 244 Å². The van der Waals surface area contributed by atoms with Crippen molar-refractivity contribution in [2.45, 2.75) is 0 Å². The standard InChI is InChI=1S/C40H27NO/c1-2-8-27(9-3-1)31-11-6-12-32(26-31)28-16-21-33(22-17-28)41-34-23-18-30(19-24-34)36-14-7-15-37-38-25-20-29-10-4-5-13-35(29)40(38)42-39(36)37/h1-26,41H. The molecule has 0 saturated carbocycles. The quantitative estimate of drug-likeness (QED) is 0.236. The molecule has 0 unspecified atom stereocenters. The van der Waals surface area contributed by atoms with Crippen LogP contribution in [0.4, 0.5) is 11.4 Å². The van der Waals surface area contributed by atoms with Gasteiger partial charge in [0.25, 0.3) is 0 Å². The third-order valence-corrected chi connectivity index (χ3v) is 8.06. The van der Waals surface area contributed by atoms with Crippen LogP contribution in [0.5, 0.6) is 0 Å². The van der Waals surface area contributed by atoms with E-state index in [2.05, 4.69) is 163 Å². The molecule has 1 aromatic heterocycles. The first kappa shape index (κ1) is 24.2. The molecule has 8 rings (SSSR count). The lowest BCUT2D eigenvalue weighted by atomic mass is 9.99. The van der Waals surface area contributed by atoms with Gasteiger partial charge in [0.05, 0.1) is 0 Å². The summed E-state index contributed by atoms with van der Waals surface area (Å²) < 4.78 is 6.54. The molecule has 0 aliphatic rings. The van der Waals surface area contributed by atoms with Crippen LogP contribution in [0.3, 0.4) is 0 Å². The van der Waals surface area contributed by atoms with Crippen molar-refractivity contribution in [3.63, 3.8) is 0 Å². The van der Waals surface area contributed by atoms with Crippen molar-refractivity contribution in [1.82, 2.24) is 0 Å². The van der Waals surface area contributed by atoms with Crippen LogP contribution in [0.2, 0.25) is 0 Å². The lowest BCUT2D eigenvalue weighted by Crippen LogP contribution is -1.90. The van der Waals surface area contributed by atoms with Crippen LogP contribution < -0.4 is 5.32 Å². The number of fused-ring (bicyclic) bond motifs is 5. The SMILES string of the molecule is c1ccc(-c2cccc(-c3ccc(Nc4ccc(-c5cccc6c5oc5c7ccccc7ccc65)cc4)cc3)c2)cc1. The summed E-state index contributed by atoms with van der Waals surface area (Å²) in [6.07, 6.45) is 0. The van der Waals surface area contributed by atoms with Crippen molar-refractivity contribution < 1.29 is 4.42 Å². The van der Waals surface area contributed by atoms with E-state index in [0.29, 0.717) is 0 Å². The summed E-state index contributed by atoms with van der Waals surface area (Å²) in [4.78, 5) is 0. The first-order chi connectivity index (χ1) is 20.8. The highest BCUT2D eigenvalue weighted by atomic mass is 16.3. The molecule has 42 heavy (non-hydrogen) atoms. The lowest BCUT2D eigenvalue weighted by Gasteiger charge is -2.10. The predicted octanol–water partition coefficient (Wildman–Crippen LogP) is 11.5. The average Bonchev–Trinajstić information content (AvgIpc) is 3.46. The summed E-state index contributed by atoms with van der Waals surface area (Å²) >= 11 is 0. The molecule has 8 aromatic rings. The summed E-state index contributed by atoms with van der Waals surface area (Å²) in [6.45, 7) is 0. The van der Waals surface area contributed by atoms with E-state index in [1.165, 1.54) is 27.6 Å². The number of furan rings is 1. The minimum Gasteiger partial charge on any atom is -0.455 e. The van der Waals surface area contributed by atoms with E-state index in [-0.39, 0.29) is 0 Å². The van der Waals surface area contributed by atoms with Crippen LogP contribution in [0.25, 0.3) is 66.1 Å². The third-order valence-electron chi connectivity index (χ3n) is 8.06. The number of benzene rings is 7. The Morgan fingerprint density at radius 1 is 0.357 bits per heavy atom. The van der Waals surface area contributed by atoms with Gasteiger partial charge in [0.2, 0.25) is 0 Å². The smallest absolute Gasteiger partial charge is 0.143 e. The molecule has 0 amide bonds. The molecule has 2 nitrogen and oxygen atoms in total. The maximum atomic E-state index is 6.54. The van der Waals surface area contributed by atoms with E-state index in [4.69, 9.17) is 4.42 Å². The van der Waals surface area contributed by atoms with Crippen molar-refractivity contribution in [3.05, 3.63) is 158 Å². The minimum absolute atomic E-state index is 0.927. The second-order valence-electron chi connectivity index (χ2n) is 10.7. The van der Waals surface area contributed by atoms with E-state index < -0.39 is 0 Å². The topological polar surface area (TPSA) is 25.2 Å². The fraction of sp³-hybridized carbons (Fsp3) is 0. The normalized spacial score (nSPS) is 11.3. The highest BCUT2D eigenvalue weighted by Gasteiger charge is 2.14. The number of nitrogens with one attached hydrogen (secondary N) is 1.